The summed E-state index contributed by atoms with van der Waals surface area (Å²) in [6.45, 7) is 1.81. The highest BCUT2D eigenvalue weighted by molar-refractivity contribution is 7.10. The van der Waals surface area contributed by atoms with Crippen molar-refractivity contribution in [2.24, 2.45) is 0 Å². The number of carbonyl (C=O) groups excluding carboxylic acids is 1. The van der Waals surface area contributed by atoms with Crippen molar-refractivity contribution in [1.82, 2.24) is 9.97 Å². The molecule has 114 valence electrons. The molecule has 7 heteroatoms. The lowest BCUT2D eigenvalue weighted by Gasteiger charge is -2.05. The van der Waals surface area contributed by atoms with Gasteiger partial charge in [-0.25, -0.2) is 9.97 Å². The van der Waals surface area contributed by atoms with Gasteiger partial charge in [0.2, 0.25) is 5.78 Å². The average molecular weight is 344 g/mol. The van der Waals surface area contributed by atoms with Gasteiger partial charge in [0.05, 0.1) is 11.1 Å². The minimum absolute atomic E-state index is 0.0810. The first-order chi connectivity index (χ1) is 11.1. The second kappa shape index (κ2) is 6.32. The second-order valence-electron chi connectivity index (χ2n) is 4.76. The summed E-state index contributed by atoms with van der Waals surface area (Å²) in [5.74, 6) is -1.21. The lowest BCUT2D eigenvalue weighted by atomic mass is 10.0. The Labute approximate surface area is 141 Å². The second-order valence-corrected chi connectivity index (χ2v) is 6.06. The van der Waals surface area contributed by atoms with Crippen LogP contribution in [-0.4, -0.2) is 15.8 Å². The molecule has 3 aromatic rings. The van der Waals surface area contributed by atoms with Gasteiger partial charge in [0.1, 0.15) is 5.01 Å². The zero-order valence-electron chi connectivity index (χ0n) is 12.0. The normalized spacial score (nSPS) is 11.9. The van der Waals surface area contributed by atoms with E-state index >= 15 is 0 Å². The molecule has 0 saturated heterocycles. The molecule has 0 saturated carbocycles. The molecule has 3 rings (SSSR count). The van der Waals surface area contributed by atoms with Crippen molar-refractivity contribution in [3.63, 3.8) is 0 Å². The van der Waals surface area contributed by atoms with Gasteiger partial charge in [0.25, 0.3) is 0 Å². The molecule has 0 N–H and O–H groups in total. The van der Waals surface area contributed by atoms with E-state index in [1.165, 1.54) is 17.7 Å². The zero-order valence-corrected chi connectivity index (χ0v) is 13.6. The number of carbonyl (C=O) groups is 1. The van der Waals surface area contributed by atoms with Crippen LogP contribution in [0.25, 0.3) is 11.3 Å². The quantitative estimate of drug-likeness (QED) is 0.661. The molecule has 1 aromatic carbocycles. The van der Waals surface area contributed by atoms with Gasteiger partial charge in [-0.1, -0.05) is 23.7 Å². The lowest BCUT2D eigenvalue weighted by molar-refractivity contribution is 0.0975. The Kier molecular flexibility index (Phi) is 4.24. The molecule has 0 unspecified atom stereocenters. The number of ketones is 1. The van der Waals surface area contributed by atoms with Crippen LogP contribution in [0.1, 0.15) is 27.1 Å². The van der Waals surface area contributed by atoms with E-state index in [-0.39, 0.29) is 11.5 Å². The number of hydrogen-bond acceptors (Lipinski definition) is 6. The van der Waals surface area contributed by atoms with Crippen LogP contribution in [-0.2, 0) is 0 Å². The third-order valence-electron chi connectivity index (χ3n) is 3.19. The first-order valence-electron chi connectivity index (χ1n) is 6.66. The first kappa shape index (κ1) is 15.4. The highest BCUT2D eigenvalue weighted by Crippen LogP contribution is 2.33. The molecule has 0 fully saturated rings. The van der Waals surface area contributed by atoms with Gasteiger partial charge in [0, 0.05) is 16.6 Å². The van der Waals surface area contributed by atoms with Crippen LogP contribution >= 0.6 is 22.9 Å². The summed E-state index contributed by atoms with van der Waals surface area (Å²) in [5.41, 5.74) is 1.41. The summed E-state index contributed by atoms with van der Waals surface area (Å²) in [4.78, 5) is 20.9. The number of aromatic nitrogens is 2. The van der Waals surface area contributed by atoms with Crippen molar-refractivity contribution in [3.8, 4) is 17.4 Å². The smallest absolute Gasteiger partial charge is 0.209 e. The van der Waals surface area contributed by atoms with Crippen LogP contribution in [0.15, 0.2) is 40.5 Å². The van der Waals surface area contributed by atoms with Crippen molar-refractivity contribution in [3.05, 3.63) is 57.5 Å². The van der Waals surface area contributed by atoms with Crippen molar-refractivity contribution < 1.29 is 9.21 Å². The fraction of sp³-hybridized carbons (Fsp3) is 0.125. The number of benzene rings is 1. The largest absolute Gasteiger partial charge is 0.443 e. The summed E-state index contributed by atoms with van der Waals surface area (Å²) >= 11 is 7.43. The predicted octanol–water partition coefficient (Wildman–Crippen LogP) is 4.25. The zero-order chi connectivity index (χ0) is 16.4. The molecule has 23 heavy (non-hydrogen) atoms. The average Bonchev–Trinajstić information content (AvgIpc) is 3.18. The van der Waals surface area contributed by atoms with E-state index in [0.29, 0.717) is 15.6 Å². The standard InChI is InChI=1S/C16H10ClN3O2S/c1-9-7-23-16(20-9)11(6-18)14(21)13-15(22-8-19-13)10-4-2-3-5-12(10)17/h2-5,7-8,11H,1H3/t11-/m1/s1. The van der Waals surface area contributed by atoms with Crippen molar-refractivity contribution in [2.45, 2.75) is 12.8 Å². The molecule has 0 aliphatic heterocycles. The number of Topliss-reactive ketones (excluding diaryl/α,β-unsaturated/α-hetero) is 1. The van der Waals surface area contributed by atoms with Gasteiger partial charge in [-0.2, -0.15) is 5.26 Å². The molecule has 2 heterocycles. The van der Waals surface area contributed by atoms with Gasteiger partial charge in [0.15, 0.2) is 23.8 Å². The van der Waals surface area contributed by atoms with E-state index in [9.17, 15) is 10.1 Å². The van der Waals surface area contributed by atoms with Crippen LogP contribution < -0.4 is 0 Å². The Morgan fingerprint density at radius 2 is 2.22 bits per heavy atom. The third-order valence-corrected chi connectivity index (χ3v) is 4.55. The number of halogens is 1. The third kappa shape index (κ3) is 2.89. The Morgan fingerprint density at radius 3 is 2.87 bits per heavy atom. The van der Waals surface area contributed by atoms with Crippen LogP contribution in [0.5, 0.6) is 0 Å². The molecule has 1 atom stereocenters. The maximum absolute atomic E-state index is 12.7. The minimum atomic E-state index is -1.01. The van der Waals surface area contributed by atoms with E-state index in [4.69, 9.17) is 16.0 Å². The molecule has 0 radical (unpaired) electrons. The van der Waals surface area contributed by atoms with E-state index in [1.807, 2.05) is 13.0 Å². The van der Waals surface area contributed by atoms with E-state index in [2.05, 4.69) is 9.97 Å². The number of oxazole rings is 1. The van der Waals surface area contributed by atoms with Gasteiger partial charge in [-0.15, -0.1) is 11.3 Å². The molecule has 0 bridgehead atoms. The van der Waals surface area contributed by atoms with Gasteiger partial charge in [-0.3, -0.25) is 4.79 Å². The number of nitriles is 1. The minimum Gasteiger partial charge on any atom is -0.443 e. The Morgan fingerprint density at radius 1 is 1.43 bits per heavy atom. The molecule has 0 spiro atoms. The monoisotopic (exact) mass is 343 g/mol. The highest BCUT2D eigenvalue weighted by atomic mass is 35.5. The number of thiazole rings is 1. The van der Waals surface area contributed by atoms with Crippen molar-refractivity contribution >= 4 is 28.7 Å². The summed E-state index contributed by atoms with van der Waals surface area (Å²) in [6, 6.07) is 8.98. The SMILES string of the molecule is Cc1csc([C@H](C#N)C(=O)c2ncoc2-c2ccccc2Cl)n1. The number of aryl methyl sites for hydroxylation is 1. The molecule has 0 amide bonds. The fourth-order valence-corrected chi connectivity index (χ4v) is 3.18. The number of hydrogen-bond donors (Lipinski definition) is 0. The Bertz CT molecular complexity index is 910. The predicted molar refractivity (Wildman–Crippen MR) is 86.5 cm³/mol. The maximum atomic E-state index is 12.7. The van der Waals surface area contributed by atoms with E-state index in [0.717, 1.165) is 5.69 Å². The van der Waals surface area contributed by atoms with E-state index < -0.39 is 11.7 Å². The van der Waals surface area contributed by atoms with Crippen LogP contribution in [0.2, 0.25) is 5.02 Å². The number of nitrogens with zero attached hydrogens (tertiary/aromatic N) is 3. The lowest BCUT2D eigenvalue weighted by Crippen LogP contribution is -2.12. The summed E-state index contributed by atoms with van der Waals surface area (Å²) in [6.07, 6.45) is 1.17. The highest BCUT2D eigenvalue weighted by Gasteiger charge is 2.30. The number of rotatable bonds is 4. The fourth-order valence-electron chi connectivity index (χ4n) is 2.13. The van der Waals surface area contributed by atoms with Gasteiger partial charge < -0.3 is 4.42 Å². The van der Waals surface area contributed by atoms with Gasteiger partial charge in [-0.05, 0) is 19.1 Å². The first-order valence-corrected chi connectivity index (χ1v) is 7.92. The summed E-state index contributed by atoms with van der Waals surface area (Å²) in [7, 11) is 0. The van der Waals surface area contributed by atoms with Crippen molar-refractivity contribution in [1.29, 1.82) is 5.26 Å². The molecular formula is C16H10ClN3O2S. The summed E-state index contributed by atoms with van der Waals surface area (Å²) < 4.78 is 5.35. The van der Waals surface area contributed by atoms with Crippen LogP contribution in [0.3, 0.4) is 0 Å². The molecule has 5 nitrogen and oxygen atoms in total. The Balaban J connectivity index is 2.03. The molecule has 0 aliphatic carbocycles. The maximum Gasteiger partial charge on any atom is 0.209 e. The van der Waals surface area contributed by atoms with E-state index in [1.54, 1.807) is 29.6 Å². The molecule has 0 aliphatic rings. The van der Waals surface area contributed by atoms with Gasteiger partial charge >= 0.3 is 0 Å². The van der Waals surface area contributed by atoms with Crippen LogP contribution in [0.4, 0.5) is 0 Å². The molecule has 2 aromatic heterocycles. The Hall–Kier alpha value is -2.49. The molecular weight excluding hydrogens is 334 g/mol. The van der Waals surface area contributed by atoms with Crippen LogP contribution in [0, 0.1) is 18.3 Å². The summed E-state index contributed by atoms with van der Waals surface area (Å²) in [5, 5.41) is 12.1. The topological polar surface area (TPSA) is 79.8 Å². The van der Waals surface area contributed by atoms with Crippen molar-refractivity contribution in [2.75, 3.05) is 0 Å².